The number of benzene rings is 2. The van der Waals surface area contributed by atoms with Gasteiger partial charge in [-0.1, -0.05) is 23.7 Å². The molecule has 0 spiro atoms. The molecule has 0 heterocycles. The lowest BCUT2D eigenvalue weighted by Gasteiger charge is -2.10. The molecule has 0 aliphatic heterocycles. The van der Waals surface area contributed by atoms with Gasteiger partial charge < -0.3 is 16.0 Å². The summed E-state index contributed by atoms with van der Waals surface area (Å²) in [6.07, 6.45) is 0. The molecule has 0 saturated carbocycles. The van der Waals surface area contributed by atoms with Gasteiger partial charge in [-0.2, -0.15) is 0 Å². The van der Waals surface area contributed by atoms with Crippen molar-refractivity contribution in [2.75, 3.05) is 23.7 Å². The van der Waals surface area contributed by atoms with E-state index in [-0.39, 0.29) is 29.1 Å². The summed E-state index contributed by atoms with van der Waals surface area (Å²) >= 11 is 5.68. The number of anilines is 2. The summed E-state index contributed by atoms with van der Waals surface area (Å²) in [5.74, 6) is -1.19. The molecule has 0 fully saturated rings. The van der Waals surface area contributed by atoms with E-state index in [1.54, 1.807) is 30.3 Å². The van der Waals surface area contributed by atoms with Crippen LogP contribution in [0, 0.1) is 5.82 Å². The maximum atomic E-state index is 13.7. The topological polar surface area (TPSA) is 70.2 Å². The summed E-state index contributed by atoms with van der Waals surface area (Å²) < 4.78 is 13.7. The van der Waals surface area contributed by atoms with Crippen LogP contribution < -0.4 is 16.0 Å². The zero-order chi connectivity index (χ0) is 17.5. The van der Waals surface area contributed by atoms with E-state index in [4.69, 9.17) is 11.6 Å². The lowest BCUT2D eigenvalue weighted by molar-refractivity contribution is -0.114. The highest BCUT2D eigenvalue weighted by atomic mass is 35.5. The molecule has 126 valence electrons. The van der Waals surface area contributed by atoms with Crippen LogP contribution in [0.4, 0.5) is 15.8 Å². The molecule has 5 nitrogen and oxygen atoms in total. The minimum atomic E-state index is -0.606. The number of nitrogens with one attached hydrogen (secondary N) is 3. The first kappa shape index (κ1) is 17.7. The average molecular weight is 350 g/mol. The normalized spacial score (nSPS) is 10.1. The summed E-state index contributed by atoms with van der Waals surface area (Å²) in [4.78, 5) is 23.7. The monoisotopic (exact) mass is 349 g/mol. The highest BCUT2D eigenvalue weighted by molar-refractivity contribution is 6.31. The van der Waals surface area contributed by atoms with Crippen molar-refractivity contribution >= 4 is 34.8 Å². The van der Waals surface area contributed by atoms with Crippen LogP contribution in [0.2, 0.25) is 5.02 Å². The summed E-state index contributed by atoms with van der Waals surface area (Å²) in [6.45, 7) is 2.21. The second-order valence-electron chi connectivity index (χ2n) is 4.94. The molecule has 2 aromatic carbocycles. The van der Waals surface area contributed by atoms with Gasteiger partial charge in [0.15, 0.2) is 5.82 Å². The fourth-order valence-corrected chi connectivity index (χ4v) is 2.20. The Bertz CT molecular complexity index is 752. The third-order valence-corrected chi connectivity index (χ3v) is 3.43. The van der Waals surface area contributed by atoms with E-state index in [1.165, 1.54) is 12.1 Å². The molecule has 3 N–H and O–H groups in total. The Morgan fingerprint density at radius 3 is 2.67 bits per heavy atom. The maximum absolute atomic E-state index is 13.7. The Balaban J connectivity index is 1.96. The van der Waals surface area contributed by atoms with Crippen LogP contribution in [0.15, 0.2) is 42.5 Å². The standard InChI is InChI=1S/C17H17ClFN3O2/c1-2-20-17(24)11-5-3-6-12(9-11)22-15(23)10-21-14-8-4-7-13(18)16(14)19/h3-9,21H,2,10H2,1H3,(H,20,24)(H,22,23). The van der Waals surface area contributed by atoms with Crippen LogP contribution in [0.3, 0.4) is 0 Å². The van der Waals surface area contributed by atoms with E-state index >= 15 is 0 Å². The van der Waals surface area contributed by atoms with Gasteiger partial charge in [-0.05, 0) is 37.3 Å². The molecule has 7 heteroatoms. The molecule has 2 aromatic rings. The Morgan fingerprint density at radius 1 is 1.17 bits per heavy atom. The lowest BCUT2D eigenvalue weighted by atomic mass is 10.2. The molecule has 0 aliphatic carbocycles. The van der Waals surface area contributed by atoms with Crippen molar-refractivity contribution < 1.29 is 14.0 Å². The second kappa shape index (κ2) is 8.31. The molecule has 0 atom stereocenters. The zero-order valence-electron chi connectivity index (χ0n) is 13.0. The van der Waals surface area contributed by atoms with Crippen LogP contribution >= 0.6 is 11.6 Å². The summed E-state index contributed by atoms with van der Waals surface area (Å²) in [5, 5.41) is 7.99. The minimum Gasteiger partial charge on any atom is -0.374 e. The Kier molecular flexibility index (Phi) is 6.14. The number of hydrogen-bond donors (Lipinski definition) is 3. The SMILES string of the molecule is CCNC(=O)c1cccc(NC(=O)CNc2cccc(Cl)c2F)c1. The third kappa shape index (κ3) is 4.70. The van der Waals surface area contributed by atoms with Gasteiger partial charge in [-0.3, -0.25) is 9.59 Å². The fraction of sp³-hybridized carbons (Fsp3) is 0.176. The molecular formula is C17H17ClFN3O2. The van der Waals surface area contributed by atoms with Gasteiger partial charge in [0.2, 0.25) is 5.91 Å². The van der Waals surface area contributed by atoms with Crippen LogP contribution in [-0.4, -0.2) is 24.9 Å². The Hall–Kier alpha value is -2.60. The number of rotatable bonds is 6. The van der Waals surface area contributed by atoms with Crippen molar-refractivity contribution in [2.24, 2.45) is 0 Å². The molecule has 0 unspecified atom stereocenters. The maximum Gasteiger partial charge on any atom is 0.251 e. The first-order chi connectivity index (χ1) is 11.5. The Morgan fingerprint density at radius 2 is 1.92 bits per heavy atom. The van der Waals surface area contributed by atoms with Crippen LogP contribution in [0.5, 0.6) is 0 Å². The fourth-order valence-electron chi connectivity index (χ4n) is 2.02. The largest absolute Gasteiger partial charge is 0.374 e. The van der Waals surface area contributed by atoms with E-state index in [0.29, 0.717) is 17.8 Å². The van der Waals surface area contributed by atoms with Gasteiger partial charge in [0, 0.05) is 17.8 Å². The summed E-state index contributed by atoms with van der Waals surface area (Å²) in [7, 11) is 0. The van der Waals surface area contributed by atoms with Gasteiger partial charge in [-0.25, -0.2) is 4.39 Å². The first-order valence-electron chi connectivity index (χ1n) is 7.37. The predicted molar refractivity (Wildman–Crippen MR) is 93.0 cm³/mol. The van der Waals surface area contributed by atoms with Crippen LogP contribution in [-0.2, 0) is 4.79 Å². The molecule has 2 amide bonds. The van der Waals surface area contributed by atoms with E-state index in [9.17, 15) is 14.0 Å². The number of carbonyl (C=O) groups is 2. The lowest BCUT2D eigenvalue weighted by Crippen LogP contribution is -2.24. The van der Waals surface area contributed by atoms with Crippen molar-refractivity contribution in [1.82, 2.24) is 5.32 Å². The van der Waals surface area contributed by atoms with E-state index < -0.39 is 5.82 Å². The van der Waals surface area contributed by atoms with E-state index in [2.05, 4.69) is 16.0 Å². The molecule has 0 aromatic heterocycles. The van der Waals surface area contributed by atoms with Crippen molar-refractivity contribution in [3.63, 3.8) is 0 Å². The van der Waals surface area contributed by atoms with E-state index in [0.717, 1.165) is 0 Å². The molecule has 0 saturated heterocycles. The van der Waals surface area contributed by atoms with Gasteiger partial charge in [-0.15, -0.1) is 0 Å². The quantitative estimate of drug-likeness (QED) is 0.749. The highest BCUT2D eigenvalue weighted by Crippen LogP contribution is 2.21. The molecule has 24 heavy (non-hydrogen) atoms. The number of hydrogen-bond acceptors (Lipinski definition) is 3. The highest BCUT2D eigenvalue weighted by Gasteiger charge is 2.09. The molecule has 2 rings (SSSR count). The van der Waals surface area contributed by atoms with E-state index in [1.807, 2.05) is 6.92 Å². The zero-order valence-corrected chi connectivity index (χ0v) is 13.8. The molecule has 0 bridgehead atoms. The second-order valence-corrected chi connectivity index (χ2v) is 5.35. The van der Waals surface area contributed by atoms with Crippen LogP contribution in [0.25, 0.3) is 0 Å². The average Bonchev–Trinajstić information content (AvgIpc) is 2.56. The molecule has 0 radical (unpaired) electrons. The van der Waals surface area contributed by atoms with Crippen molar-refractivity contribution in [1.29, 1.82) is 0 Å². The Labute approximate surface area is 144 Å². The smallest absolute Gasteiger partial charge is 0.251 e. The molecular weight excluding hydrogens is 333 g/mol. The van der Waals surface area contributed by atoms with Crippen LogP contribution in [0.1, 0.15) is 17.3 Å². The van der Waals surface area contributed by atoms with Crippen molar-refractivity contribution in [2.45, 2.75) is 6.92 Å². The number of carbonyl (C=O) groups excluding carboxylic acids is 2. The summed E-state index contributed by atoms with van der Waals surface area (Å²) in [5.41, 5.74) is 1.08. The van der Waals surface area contributed by atoms with Gasteiger partial charge >= 0.3 is 0 Å². The van der Waals surface area contributed by atoms with Gasteiger partial charge in [0.1, 0.15) is 0 Å². The molecule has 0 aliphatic rings. The van der Waals surface area contributed by atoms with Gasteiger partial charge in [0.25, 0.3) is 5.91 Å². The first-order valence-corrected chi connectivity index (χ1v) is 7.75. The van der Waals surface area contributed by atoms with Crippen molar-refractivity contribution in [3.8, 4) is 0 Å². The third-order valence-electron chi connectivity index (χ3n) is 3.14. The van der Waals surface area contributed by atoms with Crippen molar-refractivity contribution in [3.05, 3.63) is 58.9 Å². The van der Waals surface area contributed by atoms with Gasteiger partial charge in [0.05, 0.1) is 17.3 Å². The minimum absolute atomic E-state index is 0.0185. The predicted octanol–water partition coefficient (Wildman–Crippen LogP) is 3.28. The number of amides is 2. The number of halogens is 2. The summed E-state index contributed by atoms with van der Waals surface area (Å²) in [6, 6.07) is 11.1.